The van der Waals surface area contributed by atoms with E-state index in [1.807, 2.05) is 11.6 Å². The van der Waals surface area contributed by atoms with Crippen LogP contribution in [0.4, 0.5) is 0 Å². The average Bonchev–Trinajstić information content (AvgIpc) is 1.72. The molecular formula is C4H5NS. The number of nitrogens with one attached hydrogen (secondary N) is 1. The smallest absolute Gasteiger partial charge is 0.0657 e. The third-order valence-electron chi connectivity index (χ3n) is 0.503. The van der Waals surface area contributed by atoms with E-state index in [4.69, 9.17) is 0 Å². The van der Waals surface area contributed by atoms with Gasteiger partial charge in [0.2, 0.25) is 0 Å². The van der Waals surface area contributed by atoms with Crippen LogP contribution in [0.3, 0.4) is 0 Å². The summed E-state index contributed by atoms with van der Waals surface area (Å²) in [6.07, 6.45) is 1.82. The Bertz CT molecular complexity index is 83.7. The monoisotopic (exact) mass is 99.0 g/mol. The maximum absolute atomic E-state index is 2.98. The summed E-state index contributed by atoms with van der Waals surface area (Å²) in [5.74, 6) is 0.993. The zero-order valence-corrected chi connectivity index (χ0v) is 4.09. The molecule has 1 heterocycles. The molecule has 0 saturated carbocycles. The molecule has 2 heteroatoms. The second-order valence-electron chi connectivity index (χ2n) is 0.944. The fourth-order valence-corrected chi connectivity index (χ4v) is 0.700. The zero-order valence-electron chi connectivity index (χ0n) is 3.27. The molecule has 1 rings (SSSR count). The molecule has 6 heavy (non-hydrogen) atoms. The number of thioether (sulfide) groups is 1. The van der Waals surface area contributed by atoms with Crippen molar-refractivity contribution in [3.8, 4) is 0 Å². The molecule has 0 fully saturated rings. The Balaban J connectivity index is 2.53. The molecule has 1 N–H and O–H groups in total. The lowest BCUT2D eigenvalue weighted by Gasteiger charge is -1.94. The molecule has 0 spiro atoms. The van der Waals surface area contributed by atoms with Crippen molar-refractivity contribution in [1.29, 1.82) is 0 Å². The summed E-state index contributed by atoms with van der Waals surface area (Å²) < 4.78 is 0. The van der Waals surface area contributed by atoms with Crippen LogP contribution < -0.4 is 5.32 Å². The summed E-state index contributed by atoms with van der Waals surface area (Å²) in [7, 11) is 0. The van der Waals surface area contributed by atoms with Gasteiger partial charge in [0, 0.05) is 11.6 Å². The minimum atomic E-state index is 0.993. The highest BCUT2D eigenvalue weighted by Gasteiger charge is 1.77. The maximum Gasteiger partial charge on any atom is 0.0657 e. The van der Waals surface area contributed by atoms with E-state index in [1.165, 1.54) is 0 Å². The number of rotatable bonds is 0. The molecule has 1 nitrogen and oxygen atoms in total. The second kappa shape index (κ2) is 1.96. The van der Waals surface area contributed by atoms with Gasteiger partial charge in [0.05, 0.1) is 5.88 Å². The van der Waals surface area contributed by atoms with E-state index in [1.54, 1.807) is 11.8 Å². The average molecular weight is 99.2 g/mol. The first-order valence-electron chi connectivity index (χ1n) is 1.74. The highest BCUT2D eigenvalue weighted by Crippen LogP contribution is 1.98. The molecule has 0 aromatic rings. The van der Waals surface area contributed by atoms with E-state index in [2.05, 4.69) is 11.0 Å². The van der Waals surface area contributed by atoms with Crippen LogP contribution in [0.15, 0.2) is 17.3 Å². The predicted molar refractivity (Wildman–Crippen MR) is 28.2 cm³/mol. The third-order valence-corrected chi connectivity index (χ3v) is 1.14. The molecule has 0 aliphatic carbocycles. The third kappa shape index (κ3) is 0.814. The highest BCUT2D eigenvalue weighted by atomic mass is 32.2. The van der Waals surface area contributed by atoms with Gasteiger partial charge in [-0.05, 0) is 0 Å². The van der Waals surface area contributed by atoms with Crippen LogP contribution >= 0.6 is 11.8 Å². The van der Waals surface area contributed by atoms with Crippen molar-refractivity contribution in [2.75, 3.05) is 5.88 Å². The zero-order chi connectivity index (χ0) is 4.24. The molecule has 0 bridgehead atoms. The molecule has 0 amide bonds. The largest absolute Gasteiger partial charge is 0.375 e. The first-order chi connectivity index (χ1) is 3.00. The van der Waals surface area contributed by atoms with Gasteiger partial charge in [-0.3, -0.25) is 0 Å². The molecular weight excluding hydrogens is 94.1 g/mol. The first kappa shape index (κ1) is 3.85. The van der Waals surface area contributed by atoms with Crippen molar-refractivity contribution in [3.63, 3.8) is 0 Å². The summed E-state index contributed by atoms with van der Waals surface area (Å²) in [4.78, 5) is 0. The minimum Gasteiger partial charge on any atom is -0.375 e. The van der Waals surface area contributed by atoms with Crippen molar-refractivity contribution in [1.82, 2.24) is 5.32 Å². The Kier molecular flexibility index (Phi) is 1.25. The van der Waals surface area contributed by atoms with Crippen LogP contribution in [-0.4, -0.2) is 5.88 Å². The molecule has 0 unspecified atom stereocenters. The van der Waals surface area contributed by atoms with Crippen molar-refractivity contribution in [2.45, 2.75) is 0 Å². The summed E-state index contributed by atoms with van der Waals surface area (Å²) in [6.45, 7) is 0. The summed E-state index contributed by atoms with van der Waals surface area (Å²) >= 11 is 1.72. The van der Waals surface area contributed by atoms with Gasteiger partial charge in [-0.1, -0.05) is 5.73 Å². The van der Waals surface area contributed by atoms with E-state index in [9.17, 15) is 0 Å². The number of hydrogen-bond acceptors (Lipinski definition) is 2. The quantitative estimate of drug-likeness (QED) is 0.453. The summed E-state index contributed by atoms with van der Waals surface area (Å²) in [5.41, 5.74) is 2.89. The van der Waals surface area contributed by atoms with Gasteiger partial charge in [-0.2, -0.15) is 0 Å². The maximum atomic E-state index is 2.98. The van der Waals surface area contributed by atoms with E-state index >= 15 is 0 Å². The molecule has 0 saturated heterocycles. The van der Waals surface area contributed by atoms with Gasteiger partial charge in [0.25, 0.3) is 0 Å². The Morgan fingerprint density at radius 3 is 3.00 bits per heavy atom. The van der Waals surface area contributed by atoms with Crippen molar-refractivity contribution in [2.24, 2.45) is 0 Å². The molecule has 0 radical (unpaired) electrons. The summed E-state index contributed by atoms with van der Waals surface area (Å²) in [5, 5.41) is 4.92. The van der Waals surface area contributed by atoms with Crippen LogP contribution in [0.2, 0.25) is 0 Å². The van der Waals surface area contributed by atoms with Crippen LogP contribution in [-0.2, 0) is 0 Å². The normalized spacial score (nSPS) is 17.3. The fourth-order valence-electron chi connectivity index (χ4n) is 0.273. The van der Waals surface area contributed by atoms with E-state index in [0.717, 1.165) is 5.88 Å². The van der Waals surface area contributed by atoms with E-state index in [0.29, 0.717) is 0 Å². The van der Waals surface area contributed by atoms with Crippen LogP contribution in [0.25, 0.3) is 0 Å². The molecule has 1 aliphatic heterocycles. The molecule has 0 atom stereocenters. The number of hydrogen-bond donors (Lipinski definition) is 1. The SMILES string of the molecule is C1=CNCSC=1. The van der Waals surface area contributed by atoms with Gasteiger partial charge >= 0.3 is 0 Å². The standard InChI is InChI=1S/C4H5NS/c1-2-5-4-6-3-1/h2-3,5H,4H2. The molecule has 0 aromatic heterocycles. The van der Waals surface area contributed by atoms with Crippen LogP contribution in [0.1, 0.15) is 0 Å². The topological polar surface area (TPSA) is 12.0 Å². The van der Waals surface area contributed by atoms with Crippen LogP contribution in [0.5, 0.6) is 0 Å². The Labute approximate surface area is 41.1 Å². The Morgan fingerprint density at radius 1 is 1.83 bits per heavy atom. The Morgan fingerprint density at radius 2 is 2.83 bits per heavy atom. The molecule has 0 aromatic carbocycles. The van der Waals surface area contributed by atoms with E-state index in [-0.39, 0.29) is 0 Å². The van der Waals surface area contributed by atoms with Crippen molar-refractivity contribution >= 4 is 11.8 Å². The van der Waals surface area contributed by atoms with Gasteiger partial charge in [-0.25, -0.2) is 0 Å². The van der Waals surface area contributed by atoms with Gasteiger partial charge in [-0.15, -0.1) is 11.8 Å². The van der Waals surface area contributed by atoms with Crippen molar-refractivity contribution in [3.05, 3.63) is 17.3 Å². The van der Waals surface area contributed by atoms with Gasteiger partial charge in [0.1, 0.15) is 0 Å². The fraction of sp³-hybridized carbons (Fsp3) is 0.250. The van der Waals surface area contributed by atoms with Crippen LogP contribution in [0, 0.1) is 0 Å². The minimum absolute atomic E-state index is 0.993. The highest BCUT2D eigenvalue weighted by molar-refractivity contribution is 8.02. The summed E-state index contributed by atoms with van der Waals surface area (Å²) in [6, 6.07) is 0. The van der Waals surface area contributed by atoms with Crippen molar-refractivity contribution < 1.29 is 0 Å². The van der Waals surface area contributed by atoms with Gasteiger partial charge < -0.3 is 5.32 Å². The van der Waals surface area contributed by atoms with Gasteiger partial charge in [0.15, 0.2) is 0 Å². The molecule has 32 valence electrons. The lowest BCUT2D eigenvalue weighted by Crippen LogP contribution is -2.02. The Hall–Kier alpha value is -0.330. The predicted octanol–water partition coefficient (Wildman–Crippen LogP) is 0.907. The molecule has 1 aliphatic rings. The van der Waals surface area contributed by atoms with E-state index < -0.39 is 0 Å². The second-order valence-corrected chi connectivity index (χ2v) is 1.80. The first-order valence-corrected chi connectivity index (χ1v) is 2.79. The lowest BCUT2D eigenvalue weighted by atomic mass is 10.8. The lowest BCUT2D eigenvalue weighted by molar-refractivity contribution is 1.06.